The molecule has 0 aromatic rings. The van der Waals surface area contributed by atoms with Gasteiger partial charge in [0.1, 0.15) is 73.2 Å². The summed E-state index contributed by atoms with van der Waals surface area (Å²) in [6, 6.07) is 0. The van der Waals surface area contributed by atoms with Crippen LogP contribution < -0.4 is 0 Å². The van der Waals surface area contributed by atoms with Gasteiger partial charge in [-0.1, -0.05) is 27.7 Å². The molecule has 4 saturated carbocycles. The zero-order chi connectivity index (χ0) is 46.2. The van der Waals surface area contributed by atoms with Gasteiger partial charge in [-0.05, 0) is 104 Å². The van der Waals surface area contributed by atoms with Crippen LogP contribution in [0.25, 0.3) is 0 Å². The molecular weight excluding hydrogens is 844 g/mol. The Labute approximate surface area is 374 Å². The van der Waals surface area contributed by atoms with Crippen molar-refractivity contribution in [2.75, 3.05) is 26.4 Å². The fraction of sp³-hybridized carbons (Fsp3) is 1.00. The maximum atomic E-state index is 12.0. The molecule has 4 heterocycles. The van der Waals surface area contributed by atoms with Gasteiger partial charge in [0.25, 0.3) is 0 Å². The summed E-state index contributed by atoms with van der Waals surface area (Å²) in [4.78, 5) is 0. The lowest BCUT2D eigenvalue weighted by Gasteiger charge is -2.61. The minimum Gasteiger partial charge on any atom is -0.394 e. The number of hydrogen-bond acceptors (Lipinski definition) is 19. The van der Waals surface area contributed by atoms with E-state index in [1.807, 2.05) is 6.92 Å². The molecule has 0 aromatic carbocycles. The van der Waals surface area contributed by atoms with Gasteiger partial charge in [0.05, 0.1) is 38.6 Å². The molecule has 0 unspecified atom stereocenters. The van der Waals surface area contributed by atoms with Crippen LogP contribution in [-0.2, 0) is 33.2 Å². The molecule has 8 rings (SSSR count). The average molecular weight is 921 g/mol. The quantitative estimate of drug-likeness (QED) is 0.0909. The topological polar surface area (TPSA) is 307 Å². The minimum atomic E-state index is -1.76. The van der Waals surface area contributed by atoms with Crippen LogP contribution in [-0.4, -0.2) is 198 Å². The van der Waals surface area contributed by atoms with E-state index < -0.39 is 118 Å². The first-order valence-electron chi connectivity index (χ1n) is 23.9. The van der Waals surface area contributed by atoms with Crippen molar-refractivity contribution in [1.29, 1.82) is 0 Å². The van der Waals surface area contributed by atoms with Crippen LogP contribution in [0, 0.1) is 52.3 Å². The highest BCUT2D eigenvalue weighted by Crippen LogP contribution is 2.71. The Morgan fingerprint density at radius 1 is 0.625 bits per heavy atom. The van der Waals surface area contributed by atoms with E-state index in [-0.39, 0.29) is 47.4 Å². The normalized spacial score (nSPS) is 55.6. The summed E-state index contributed by atoms with van der Waals surface area (Å²) < 4.78 is 41.6. The van der Waals surface area contributed by atoms with Gasteiger partial charge >= 0.3 is 0 Å². The Morgan fingerprint density at radius 2 is 1.20 bits per heavy atom. The fourth-order valence-corrected chi connectivity index (χ4v) is 14.2. The number of hydrogen-bond donors (Lipinski definition) is 12. The lowest BCUT2D eigenvalue weighted by molar-refractivity contribution is -0.365. The first-order valence-corrected chi connectivity index (χ1v) is 23.9. The molecule has 0 amide bonds. The molecule has 12 N–H and O–H groups in total. The largest absolute Gasteiger partial charge is 0.394 e. The van der Waals surface area contributed by atoms with E-state index in [1.54, 1.807) is 0 Å². The summed E-state index contributed by atoms with van der Waals surface area (Å²) in [5.41, 5.74) is 0.0705. The Bertz CT molecular complexity index is 1560. The van der Waals surface area contributed by atoms with Crippen LogP contribution in [0.4, 0.5) is 0 Å². The summed E-state index contributed by atoms with van der Waals surface area (Å²) in [5.74, 6) is 0.598. The molecule has 19 nitrogen and oxygen atoms in total. The smallest absolute Gasteiger partial charge is 0.187 e. The Morgan fingerprint density at radius 3 is 1.84 bits per heavy atom. The maximum Gasteiger partial charge on any atom is 0.187 e. The van der Waals surface area contributed by atoms with Gasteiger partial charge in [-0.3, -0.25) is 0 Å². The minimum absolute atomic E-state index is 0.00751. The second-order valence-corrected chi connectivity index (χ2v) is 21.5. The van der Waals surface area contributed by atoms with E-state index in [0.29, 0.717) is 42.9 Å². The van der Waals surface area contributed by atoms with Gasteiger partial charge in [-0.2, -0.15) is 0 Å². The van der Waals surface area contributed by atoms with Crippen molar-refractivity contribution < 1.29 is 94.4 Å². The molecule has 64 heavy (non-hydrogen) atoms. The molecule has 4 aliphatic heterocycles. The zero-order valence-corrected chi connectivity index (χ0v) is 37.5. The van der Waals surface area contributed by atoms with E-state index in [2.05, 4.69) is 20.8 Å². The highest BCUT2D eigenvalue weighted by Gasteiger charge is 2.68. The third-order valence-corrected chi connectivity index (χ3v) is 18.0. The monoisotopic (exact) mass is 920 g/mol. The summed E-state index contributed by atoms with van der Waals surface area (Å²) >= 11 is 0. The third-order valence-electron chi connectivity index (χ3n) is 18.0. The summed E-state index contributed by atoms with van der Waals surface area (Å²) in [7, 11) is 0. The Hall–Kier alpha value is -0.760. The van der Waals surface area contributed by atoms with Crippen LogP contribution in [0.15, 0.2) is 0 Å². The molecular formula is C45H76O19. The van der Waals surface area contributed by atoms with Crippen molar-refractivity contribution in [3.05, 3.63) is 0 Å². The fourth-order valence-electron chi connectivity index (χ4n) is 14.2. The van der Waals surface area contributed by atoms with Crippen molar-refractivity contribution >= 4 is 0 Å². The standard InChI is InChI=1S/C45H76O19/c1-19(18-58-40-36(54)34(52)31(49)27(15-46)60-40)7-12-45(57)20(2)30-26(64-45)14-25-23-6-5-21-13-22(8-10-43(21,3)24(23)9-11-44(25,30)4)59-42-38(56)39(33(51)29(17-48)62-42)63-41-37(55)35(53)32(50)28(16-47)61-41/h19-42,46-57H,5-18H2,1-4H3/t19-,20+,21+,22+,23+,24-,25-,26+,27-,28-,29-,30+,31-,32+,33-,34+,35+,36+,37-,38+,39+,40+,41+,42+,43-,44+,45-/m1/s1. The van der Waals surface area contributed by atoms with Crippen LogP contribution >= 0.6 is 0 Å². The Balaban J connectivity index is 0.853. The molecule has 0 radical (unpaired) electrons. The van der Waals surface area contributed by atoms with Crippen molar-refractivity contribution in [3.63, 3.8) is 0 Å². The summed E-state index contributed by atoms with van der Waals surface area (Å²) in [5, 5.41) is 125. The molecule has 370 valence electrons. The highest BCUT2D eigenvalue weighted by atomic mass is 16.7. The molecule has 8 aliphatic rings. The van der Waals surface area contributed by atoms with Crippen molar-refractivity contribution in [3.8, 4) is 0 Å². The van der Waals surface area contributed by atoms with Gasteiger partial charge in [0.15, 0.2) is 24.7 Å². The van der Waals surface area contributed by atoms with Crippen molar-refractivity contribution in [2.24, 2.45) is 52.3 Å². The second-order valence-electron chi connectivity index (χ2n) is 21.5. The van der Waals surface area contributed by atoms with Gasteiger partial charge in [0, 0.05) is 12.3 Å². The van der Waals surface area contributed by atoms with E-state index in [9.17, 15) is 61.3 Å². The molecule has 0 bridgehead atoms. The molecule has 19 heteroatoms. The van der Waals surface area contributed by atoms with E-state index in [4.69, 9.17) is 33.2 Å². The number of fused-ring (bicyclic) bond motifs is 7. The highest BCUT2D eigenvalue weighted by molar-refractivity contribution is 5.15. The predicted octanol–water partition coefficient (Wildman–Crippen LogP) is -1.78. The van der Waals surface area contributed by atoms with E-state index >= 15 is 0 Å². The van der Waals surface area contributed by atoms with Gasteiger partial charge in [-0.25, -0.2) is 0 Å². The zero-order valence-electron chi connectivity index (χ0n) is 37.5. The molecule has 4 saturated heterocycles. The molecule has 27 atom stereocenters. The predicted molar refractivity (Wildman–Crippen MR) is 219 cm³/mol. The lowest BCUT2D eigenvalue weighted by Crippen LogP contribution is -2.65. The first kappa shape index (κ1) is 49.7. The SMILES string of the molecule is C[C@H](CC[C@@]1(O)O[C@H]2C[C@@H]3[C@H]4CC[C@H]5C[C@@H](O[C@H]6O[C@H](CO)[C@@H](O)[C@H](O[C@@H]7O[C@H](CO)[C@H](O)[C@H](O)[C@H]7O)[C@@H]6O)CC[C@@]5(C)[C@@H]4CC[C@]3(C)[C@H]2[C@@H]1C)CO[C@H]1O[C@H](CO)[C@@H](O)[C@H](O)[C@@H]1O. The molecule has 0 aromatic heterocycles. The maximum absolute atomic E-state index is 12.0. The number of aliphatic hydroxyl groups is 12. The summed E-state index contributed by atoms with van der Waals surface area (Å²) in [6.07, 6.45) is -13.7. The van der Waals surface area contributed by atoms with Gasteiger partial charge in [0.2, 0.25) is 0 Å². The number of aliphatic hydroxyl groups excluding tert-OH is 11. The van der Waals surface area contributed by atoms with Gasteiger partial charge in [-0.15, -0.1) is 0 Å². The van der Waals surface area contributed by atoms with E-state index in [1.165, 1.54) is 0 Å². The van der Waals surface area contributed by atoms with Crippen molar-refractivity contribution in [2.45, 2.75) is 202 Å². The molecule has 8 fully saturated rings. The first-order chi connectivity index (χ1) is 30.3. The number of rotatable bonds is 13. The molecule has 0 spiro atoms. The van der Waals surface area contributed by atoms with Crippen LogP contribution in [0.1, 0.15) is 91.9 Å². The third kappa shape index (κ3) is 8.65. The lowest BCUT2D eigenvalue weighted by atomic mass is 9.44. The molecule has 4 aliphatic carbocycles. The summed E-state index contributed by atoms with van der Waals surface area (Å²) in [6.45, 7) is 7.28. The van der Waals surface area contributed by atoms with Crippen LogP contribution in [0.5, 0.6) is 0 Å². The number of ether oxygens (including phenoxy) is 7. The second kappa shape index (κ2) is 19.2. The van der Waals surface area contributed by atoms with Crippen LogP contribution in [0.3, 0.4) is 0 Å². The van der Waals surface area contributed by atoms with Gasteiger partial charge < -0.3 is 94.4 Å². The van der Waals surface area contributed by atoms with E-state index in [0.717, 1.165) is 44.9 Å². The van der Waals surface area contributed by atoms with Crippen LogP contribution in [0.2, 0.25) is 0 Å². The average Bonchev–Trinajstić information content (AvgIpc) is 3.71. The Kier molecular flexibility index (Phi) is 14.9. The van der Waals surface area contributed by atoms with Crippen molar-refractivity contribution in [1.82, 2.24) is 0 Å².